The van der Waals surface area contributed by atoms with E-state index in [-0.39, 0.29) is 34.5 Å². The fraction of sp³-hybridized carbons (Fsp3) is 0.289. The van der Waals surface area contributed by atoms with Crippen LogP contribution in [0.25, 0.3) is 39.2 Å². The quantitative estimate of drug-likeness (QED) is 0.136. The molecular formula is C38H36Cl2FN7O4. The lowest BCUT2D eigenvalue weighted by Gasteiger charge is -2.16. The molecule has 268 valence electrons. The standard InChI is InChI=1S/C38H36Cl2FN7O4/c1-52-37-22(16-42-19-25-6-9-33(49)45-25)5-8-31(47-37)30-15-24(41)14-29(36(30)40)28-4-2-3-27(35(28)39)21-11-12-48-32(13-21)44-18-23(38(48)51)17-43-20-26-7-10-34(50)46-26/h2-5,8,11-15,18,25-26,42-43H,6-7,9-10,16-17,19-20H2,1H3,(H,45,49)(H,46,50)/t25-,26+/m0/s1. The number of nitrogens with one attached hydrogen (secondary N) is 4. The largest absolute Gasteiger partial charge is 0.481 e. The van der Waals surface area contributed by atoms with Gasteiger partial charge in [-0.25, -0.2) is 14.4 Å². The molecule has 0 spiro atoms. The van der Waals surface area contributed by atoms with Crippen LogP contribution in [0, 0.1) is 5.82 Å². The van der Waals surface area contributed by atoms with Gasteiger partial charge in [-0.2, -0.15) is 0 Å². The second-order valence-corrected chi connectivity index (χ2v) is 13.7. The van der Waals surface area contributed by atoms with Crippen molar-refractivity contribution in [3.63, 3.8) is 0 Å². The van der Waals surface area contributed by atoms with E-state index in [0.29, 0.717) is 94.6 Å². The molecule has 5 heterocycles. The highest BCUT2D eigenvalue weighted by atomic mass is 35.5. The van der Waals surface area contributed by atoms with Crippen molar-refractivity contribution in [1.82, 2.24) is 35.6 Å². The monoisotopic (exact) mass is 743 g/mol. The molecule has 7 rings (SSSR count). The van der Waals surface area contributed by atoms with Crippen molar-refractivity contribution in [2.45, 2.75) is 50.9 Å². The van der Waals surface area contributed by atoms with Crippen molar-refractivity contribution >= 4 is 40.7 Å². The Bertz CT molecular complexity index is 2250. The second-order valence-electron chi connectivity index (χ2n) is 12.9. The topological polar surface area (TPSA) is 139 Å². The van der Waals surface area contributed by atoms with Crippen LogP contribution < -0.4 is 31.6 Å². The average Bonchev–Trinajstić information content (AvgIpc) is 3.76. The van der Waals surface area contributed by atoms with Gasteiger partial charge >= 0.3 is 0 Å². The number of methoxy groups -OCH3 is 1. The van der Waals surface area contributed by atoms with Gasteiger partial charge in [-0.15, -0.1) is 0 Å². The van der Waals surface area contributed by atoms with Gasteiger partial charge in [0.25, 0.3) is 5.56 Å². The molecule has 0 unspecified atom stereocenters. The highest BCUT2D eigenvalue weighted by Gasteiger charge is 2.22. The molecule has 11 nitrogen and oxygen atoms in total. The summed E-state index contributed by atoms with van der Waals surface area (Å²) >= 11 is 14.0. The van der Waals surface area contributed by atoms with Crippen molar-refractivity contribution in [3.8, 4) is 39.4 Å². The molecule has 3 aromatic heterocycles. The smallest absolute Gasteiger partial charge is 0.262 e. The van der Waals surface area contributed by atoms with E-state index in [1.807, 2.05) is 18.2 Å². The first kappa shape index (κ1) is 35.5. The lowest BCUT2D eigenvalue weighted by molar-refractivity contribution is -0.120. The first-order valence-corrected chi connectivity index (χ1v) is 17.8. The maximum Gasteiger partial charge on any atom is 0.262 e. The Morgan fingerprint density at radius 3 is 2.17 bits per heavy atom. The number of ether oxygens (including phenoxy) is 1. The van der Waals surface area contributed by atoms with Crippen molar-refractivity contribution in [2.24, 2.45) is 0 Å². The molecule has 0 saturated carbocycles. The lowest BCUT2D eigenvalue weighted by atomic mass is 9.96. The number of fused-ring (bicyclic) bond motifs is 1. The highest BCUT2D eigenvalue weighted by Crippen LogP contribution is 2.43. The van der Waals surface area contributed by atoms with Crippen molar-refractivity contribution in [3.05, 3.63) is 104 Å². The SMILES string of the molecule is COc1nc(-c2cc(F)cc(-c3cccc(-c4ccn5c(=O)c(CNC[C@H]6CCC(=O)N6)cnc5c4)c3Cl)c2Cl)ccc1CNC[C@@H]1CCC(=O)N1. The molecule has 2 saturated heterocycles. The van der Waals surface area contributed by atoms with E-state index in [9.17, 15) is 14.4 Å². The van der Waals surface area contributed by atoms with Crippen molar-refractivity contribution in [2.75, 3.05) is 20.2 Å². The summed E-state index contributed by atoms with van der Waals surface area (Å²) in [5.74, 6) is -0.0448. The molecule has 5 aromatic rings. The number of carbonyl (C=O) groups is 2. The number of benzene rings is 2. The summed E-state index contributed by atoms with van der Waals surface area (Å²) in [6.45, 7) is 1.97. The zero-order valence-electron chi connectivity index (χ0n) is 28.3. The Hall–Kier alpha value is -4.88. The maximum absolute atomic E-state index is 15.3. The Balaban J connectivity index is 1.12. The molecule has 4 N–H and O–H groups in total. The summed E-state index contributed by atoms with van der Waals surface area (Å²) in [6.07, 6.45) is 5.82. The van der Waals surface area contributed by atoms with Gasteiger partial charge in [0.1, 0.15) is 11.5 Å². The molecule has 2 aliphatic heterocycles. The van der Waals surface area contributed by atoms with E-state index < -0.39 is 5.82 Å². The summed E-state index contributed by atoms with van der Waals surface area (Å²) in [6, 6.07) is 15.4. The fourth-order valence-corrected chi connectivity index (χ4v) is 7.33. The van der Waals surface area contributed by atoms with Crippen LogP contribution in [0.2, 0.25) is 10.0 Å². The predicted molar refractivity (Wildman–Crippen MR) is 198 cm³/mol. The van der Waals surface area contributed by atoms with E-state index in [0.717, 1.165) is 18.4 Å². The third kappa shape index (κ3) is 7.51. The Morgan fingerprint density at radius 1 is 0.846 bits per heavy atom. The van der Waals surface area contributed by atoms with Crippen LogP contribution >= 0.6 is 23.2 Å². The molecular weight excluding hydrogens is 708 g/mol. The number of aromatic nitrogens is 3. The van der Waals surface area contributed by atoms with E-state index in [1.54, 1.807) is 36.7 Å². The van der Waals surface area contributed by atoms with Crippen LogP contribution in [-0.4, -0.2) is 58.5 Å². The van der Waals surface area contributed by atoms with Gasteiger partial charge in [0.2, 0.25) is 17.7 Å². The lowest BCUT2D eigenvalue weighted by Crippen LogP contribution is -2.36. The average molecular weight is 745 g/mol. The minimum absolute atomic E-state index is 0.0442. The van der Waals surface area contributed by atoms with Crippen LogP contribution in [0.5, 0.6) is 5.88 Å². The number of hydrogen-bond acceptors (Lipinski definition) is 8. The third-order valence-electron chi connectivity index (χ3n) is 9.41. The van der Waals surface area contributed by atoms with E-state index in [2.05, 4.69) is 31.2 Å². The number of rotatable bonds is 12. The zero-order valence-corrected chi connectivity index (χ0v) is 29.8. The Labute approximate surface area is 308 Å². The summed E-state index contributed by atoms with van der Waals surface area (Å²) in [5, 5.41) is 13.0. The molecule has 0 aliphatic carbocycles. The first-order chi connectivity index (χ1) is 25.2. The van der Waals surface area contributed by atoms with Crippen LogP contribution in [0.4, 0.5) is 4.39 Å². The molecule has 2 amide bonds. The van der Waals surface area contributed by atoms with E-state index in [4.69, 9.17) is 27.9 Å². The number of nitrogens with zero attached hydrogens (tertiary/aromatic N) is 3. The minimum Gasteiger partial charge on any atom is -0.481 e. The maximum atomic E-state index is 15.3. The number of halogens is 3. The van der Waals surface area contributed by atoms with Crippen molar-refractivity contribution < 1.29 is 18.7 Å². The van der Waals surface area contributed by atoms with E-state index >= 15 is 4.39 Å². The van der Waals surface area contributed by atoms with Gasteiger partial charge in [-0.05, 0) is 48.7 Å². The van der Waals surface area contributed by atoms with Gasteiger partial charge in [0.15, 0.2) is 0 Å². The molecule has 0 bridgehead atoms. The van der Waals surface area contributed by atoms with Gasteiger partial charge in [-0.1, -0.05) is 47.5 Å². The van der Waals surface area contributed by atoms with Gasteiger partial charge in [-0.3, -0.25) is 18.8 Å². The normalized spacial score (nSPS) is 17.1. The number of carbonyl (C=O) groups excluding carboxylic acids is 2. The number of hydrogen-bond donors (Lipinski definition) is 4. The molecule has 2 atom stereocenters. The fourth-order valence-electron chi connectivity index (χ4n) is 6.69. The van der Waals surface area contributed by atoms with E-state index in [1.165, 1.54) is 23.6 Å². The summed E-state index contributed by atoms with van der Waals surface area (Å²) in [4.78, 5) is 45.4. The van der Waals surface area contributed by atoms with Gasteiger partial charge < -0.3 is 26.0 Å². The number of amides is 2. The molecule has 0 radical (unpaired) electrons. The third-order valence-corrected chi connectivity index (χ3v) is 10.2. The second kappa shape index (κ2) is 15.4. The molecule has 2 fully saturated rings. The number of pyridine rings is 2. The predicted octanol–water partition coefficient (Wildman–Crippen LogP) is 5.28. The highest BCUT2D eigenvalue weighted by molar-refractivity contribution is 6.39. The molecule has 2 aromatic carbocycles. The molecule has 52 heavy (non-hydrogen) atoms. The summed E-state index contributed by atoms with van der Waals surface area (Å²) < 4.78 is 22.3. The zero-order chi connectivity index (χ0) is 36.4. The van der Waals surface area contributed by atoms with Crippen molar-refractivity contribution in [1.29, 1.82) is 0 Å². The minimum atomic E-state index is -0.520. The first-order valence-electron chi connectivity index (χ1n) is 17.0. The molecule has 2 aliphatic rings. The summed E-state index contributed by atoms with van der Waals surface area (Å²) in [7, 11) is 1.52. The van der Waals surface area contributed by atoms with Crippen LogP contribution in [0.1, 0.15) is 36.8 Å². The van der Waals surface area contributed by atoms with Gasteiger partial charge in [0.05, 0.1) is 22.8 Å². The van der Waals surface area contributed by atoms with Crippen LogP contribution in [0.15, 0.2) is 71.8 Å². The van der Waals surface area contributed by atoms with Gasteiger partial charge in [0, 0.05) is 96.9 Å². The Kier molecular flexibility index (Phi) is 10.5. The molecule has 14 heteroatoms. The summed E-state index contributed by atoms with van der Waals surface area (Å²) in [5.41, 5.74) is 4.59. The van der Waals surface area contributed by atoms with Crippen LogP contribution in [0.3, 0.4) is 0 Å². The van der Waals surface area contributed by atoms with Crippen LogP contribution in [-0.2, 0) is 22.7 Å². The Morgan fingerprint density at radius 2 is 1.50 bits per heavy atom.